The van der Waals surface area contributed by atoms with E-state index in [2.05, 4.69) is 40.6 Å². The van der Waals surface area contributed by atoms with E-state index in [1.807, 2.05) is 51.1 Å². The number of ether oxygens (including phenoxy) is 1. The van der Waals surface area contributed by atoms with Crippen LogP contribution in [0, 0.1) is 5.82 Å². The van der Waals surface area contributed by atoms with Gasteiger partial charge in [0, 0.05) is 23.1 Å². The zero-order valence-corrected chi connectivity index (χ0v) is 24.1. The number of halogens is 2. The topological polar surface area (TPSA) is 88.8 Å². The summed E-state index contributed by atoms with van der Waals surface area (Å²) in [5.74, 6) is 1.54. The van der Waals surface area contributed by atoms with Gasteiger partial charge in [-0.05, 0) is 70.2 Å². The van der Waals surface area contributed by atoms with Gasteiger partial charge in [-0.3, -0.25) is 0 Å². The Labute approximate surface area is 227 Å². The number of benzene rings is 3. The highest BCUT2D eigenvalue weighted by atomic mass is 79.9. The van der Waals surface area contributed by atoms with Crippen LogP contribution < -0.4 is 26.1 Å². The third-order valence-corrected chi connectivity index (χ3v) is 6.31. The van der Waals surface area contributed by atoms with Crippen molar-refractivity contribution in [2.45, 2.75) is 52.0 Å². The van der Waals surface area contributed by atoms with Crippen LogP contribution in [0.5, 0.6) is 11.5 Å². The summed E-state index contributed by atoms with van der Waals surface area (Å²) in [5.41, 5.74) is 12.5. The average Bonchev–Trinajstić information content (AvgIpc) is 2.90. The largest absolute Gasteiger partial charge is 0.494 e. The third kappa shape index (κ3) is 9.54. The first kappa shape index (κ1) is 31.6. The second-order valence-corrected chi connectivity index (χ2v) is 8.95. The van der Waals surface area contributed by atoms with Crippen LogP contribution in [-0.4, -0.2) is 18.2 Å². The molecule has 5 N–H and O–H groups in total. The van der Waals surface area contributed by atoms with Crippen LogP contribution >= 0.6 is 28.0 Å². The Kier molecular flexibility index (Phi) is 15.0. The molecular weight excluding hydrogens is 545 g/mol. The molecule has 0 bridgehead atoms. The van der Waals surface area contributed by atoms with Gasteiger partial charge in [-0.15, -0.1) is 0 Å². The minimum Gasteiger partial charge on any atom is -0.494 e. The lowest BCUT2D eigenvalue weighted by Gasteiger charge is -2.17. The Morgan fingerprint density at radius 3 is 2.28 bits per heavy atom. The predicted molar refractivity (Wildman–Crippen MR) is 154 cm³/mol. The first-order valence-corrected chi connectivity index (χ1v) is 13.3. The molecule has 0 aliphatic heterocycles. The summed E-state index contributed by atoms with van der Waals surface area (Å²) in [6.45, 7) is 11.3. The number of para-hydroxylation sites is 1. The highest BCUT2D eigenvalue weighted by Gasteiger charge is 2.15. The molecule has 198 valence electrons. The van der Waals surface area contributed by atoms with Gasteiger partial charge in [-0.2, -0.15) is 5.48 Å². The maximum Gasteiger partial charge on any atom is 0.163 e. The number of nitrogen functional groups attached to an aromatic ring is 1. The van der Waals surface area contributed by atoms with Crippen molar-refractivity contribution in [3.8, 4) is 11.5 Å². The van der Waals surface area contributed by atoms with Crippen molar-refractivity contribution in [3.05, 3.63) is 76.0 Å². The minimum atomic E-state index is -0.163. The highest BCUT2D eigenvalue weighted by Crippen LogP contribution is 2.39. The Balaban J connectivity index is 0.000000450. The number of hydrogen-bond acceptors (Lipinski definition) is 7. The Bertz CT molecular complexity index is 1050. The van der Waals surface area contributed by atoms with Crippen LogP contribution in [0.25, 0.3) is 0 Å². The number of anilines is 2. The van der Waals surface area contributed by atoms with Crippen molar-refractivity contribution < 1.29 is 18.5 Å². The molecule has 6 nitrogen and oxygen atoms in total. The predicted octanol–water partition coefficient (Wildman–Crippen LogP) is 8.10. The first-order valence-electron chi connectivity index (χ1n) is 11.8. The molecule has 0 spiro atoms. The molecule has 0 aliphatic rings. The summed E-state index contributed by atoms with van der Waals surface area (Å²) < 4.78 is 27.8. The number of nitrogens with two attached hydrogens (primary N) is 1. The van der Waals surface area contributed by atoms with Gasteiger partial charge in [-0.25, -0.2) is 4.39 Å². The van der Waals surface area contributed by atoms with Gasteiger partial charge in [0.25, 0.3) is 0 Å². The van der Waals surface area contributed by atoms with Gasteiger partial charge >= 0.3 is 0 Å². The number of hydrogen-bond donors (Lipinski definition) is 4. The summed E-state index contributed by atoms with van der Waals surface area (Å²) in [5, 5.41) is 3.20. The molecule has 0 saturated heterocycles. The van der Waals surface area contributed by atoms with Gasteiger partial charge in [0.15, 0.2) is 5.75 Å². The molecule has 0 aliphatic carbocycles. The van der Waals surface area contributed by atoms with Crippen molar-refractivity contribution in [1.29, 1.82) is 0 Å². The maximum atomic E-state index is 12.4. The van der Waals surface area contributed by atoms with Crippen LogP contribution in [0.15, 0.2) is 64.0 Å². The van der Waals surface area contributed by atoms with Gasteiger partial charge in [0.2, 0.25) is 0 Å². The fraction of sp³-hybridized carbons (Fsp3) is 0.333. The molecule has 0 saturated carbocycles. The second kappa shape index (κ2) is 17.1. The number of rotatable bonds is 9. The summed E-state index contributed by atoms with van der Waals surface area (Å²) in [7, 11) is 1.60. The van der Waals surface area contributed by atoms with E-state index in [4.69, 9.17) is 15.3 Å². The SMILES string of the molecule is CC.CC(C)c1ccc(F)cc1.CCNc1c(OC)cc(CNOc2ccccc2SO)c(Br)c1N. The zero-order valence-electron chi connectivity index (χ0n) is 21.7. The van der Waals surface area contributed by atoms with E-state index in [-0.39, 0.29) is 5.82 Å². The van der Waals surface area contributed by atoms with Crippen LogP contribution in [0.3, 0.4) is 0 Å². The first-order chi connectivity index (χ1) is 17.3. The van der Waals surface area contributed by atoms with Gasteiger partial charge in [-0.1, -0.05) is 52.0 Å². The van der Waals surface area contributed by atoms with E-state index >= 15 is 0 Å². The van der Waals surface area contributed by atoms with Gasteiger partial charge in [0.1, 0.15) is 17.3 Å². The number of nitrogens with one attached hydrogen (secondary N) is 2. The molecule has 0 aromatic heterocycles. The standard InChI is InChI=1S/C16H20BrN3O3S.C9H11F.C2H6/c1-3-19-16-12(22-2)8-10(14(17)15(16)18)9-20-23-11-6-4-5-7-13(11)24-21;1-7(2)8-3-5-9(10)6-4-8;1-2/h4-8,19-21H,3,9,18H2,1-2H3;3-7H,1-2H3;1-2H3. The fourth-order valence-electron chi connectivity index (χ4n) is 3.01. The maximum absolute atomic E-state index is 12.4. The molecule has 3 rings (SSSR count). The van der Waals surface area contributed by atoms with E-state index in [9.17, 15) is 8.94 Å². The van der Waals surface area contributed by atoms with Crippen LogP contribution in [0.1, 0.15) is 51.7 Å². The molecular formula is C27H37BrFN3O3S. The van der Waals surface area contributed by atoms with Crippen molar-refractivity contribution >= 4 is 39.3 Å². The molecule has 0 radical (unpaired) electrons. The van der Waals surface area contributed by atoms with E-state index in [1.54, 1.807) is 19.2 Å². The molecule has 0 unspecified atom stereocenters. The zero-order chi connectivity index (χ0) is 27.1. The molecule has 0 atom stereocenters. The lowest BCUT2D eigenvalue weighted by molar-refractivity contribution is 0.185. The highest BCUT2D eigenvalue weighted by molar-refractivity contribution is 9.10. The third-order valence-electron chi connectivity index (χ3n) is 4.84. The Morgan fingerprint density at radius 1 is 1.08 bits per heavy atom. The Hall–Kier alpha value is -2.46. The minimum absolute atomic E-state index is 0.163. The number of hydroxylamine groups is 1. The Morgan fingerprint density at radius 2 is 1.72 bits per heavy atom. The van der Waals surface area contributed by atoms with Crippen LogP contribution in [-0.2, 0) is 6.54 Å². The molecule has 3 aromatic rings. The molecule has 0 amide bonds. The fourth-order valence-corrected chi connectivity index (χ4v) is 3.80. The smallest absolute Gasteiger partial charge is 0.163 e. The van der Waals surface area contributed by atoms with Crippen molar-refractivity contribution in [1.82, 2.24) is 5.48 Å². The quantitative estimate of drug-likeness (QED) is 0.115. The lowest BCUT2D eigenvalue weighted by Crippen LogP contribution is -2.19. The van der Waals surface area contributed by atoms with Crippen LogP contribution in [0.2, 0.25) is 0 Å². The van der Waals surface area contributed by atoms with Crippen molar-refractivity contribution in [2.75, 3.05) is 24.7 Å². The molecule has 9 heteroatoms. The molecule has 3 aromatic carbocycles. The van der Waals surface area contributed by atoms with E-state index in [1.165, 1.54) is 17.7 Å². The van der Waals surface area contributed by atoms with Gasteiger partial charge in [0.05, 0.1) is 24.2 Å². The molecule has 36 heavy (non-hydrogen) atoms. The normalized spacial score (nSPS) is 10.1. The van der Waals surface area contributed by atoms with E-state index < -0.39 is 0 Å². The molecule has 0 heterocycles. The van der Waals surface area contributed by atoms with Gasteiger partial charge < -0.3 is 25.2 Å². The molecule has 0 fully saturated rings. The van der Waals surface area contributed by atoms with E-state index in [0.29, 0.717) is 46.6 Å². The summed E-state index contributed by atoms with van der Waals surface area (Å²) in [6.07, 6.45) is 0. The monoisotopic (exact) mass is 581 g/mol. The lowest BCUT2D eigenvalue weighted by atomic mass is 10.0. The summed E-state index contributed by atoms with van der Waals surface area (Å²) >= 11 is 4.16. The second-order valence-electron chi connectivity index (χ2n) is 7.54. The summed E-state index contributed by atoms with van der Waals surface area (Å²) in [6, 6.07) is 15.7. The number of methoxy groups -OCH3 is 1. The van der Waals surface area contributed by atoms with E-state index in [0.717, 1.165) is 22.3 Å². The summed E-state index contributed by atoms with van der Waals surface area (Å²) in [4.78, 5) is 6.16. The van der Waals surface area contributed by atoms with Crippen molar-refractivity contribution in [3.63, 3.8) is 0 Å². The van der Waals surface area contributed by atoms with Crippen LogP contribution in [0.4, 0.5) is 15.8 Å². The average molecular weight is 583 g/mol. The van der Waals surface area contributed by atoms with Crippen molar-refractivity contribution in [2.24, 2.45) is 0 Å².